The maximum Gasteiger partial charge on any atom is 0.292 e. The fourth-order valence-electron chi connectivity index (χ4n) is 1.85. The lowest BCUT2D eigenvalue weighted by atomic mass is 10.1. The first kappa shape index (κ1) is 12.1. The van der Waals surface area contributed by atoms with Gasteiger partial charge in [-0.2, -0.15) is 0 Å². The molecule has 0 aliphatic carbocycles. The number of carbonyl (C=O) groups excluding carboxylic acids is 1. The summed E-state index contributed by atoms with van der Waals surface area (Å²) in [6.45, 7) is 7.33. The van der Waals surface area contributed by atoms with Crippen molar-refractivity contribution in [3.63, 3.8) is 0 Å². The zero-order valence-electron chi connectivity index (χ0n) is 10.4. The van der Waals surface area contributed by atoms with Crippen LogP contribution in [-0.2, 0) is 0 Å². The highest BCUT2D eigenvalue weighted by molar-refractivity contribution is 5.91. The molecule has 5 nitrogen and oxygen atoms in total. The highest BCUT2D eigenvalue weighted by Crippen LogP contribution is 2.19. The molecule has 0 saturated carbocycles. The Morgan fingerprint density at radius 2 is 2.29 bits per heavy atom. The number of nitrogens with one attached hydrogen (secondary N) is 1. The Morgan fingerprint density at radius 3 is 2.94 bits per heavy atom. The predicted octanol–water partition coefficient (Wildman–Crippen LogP) is 1.23. The van der Waals surface area contributed by atoms with Gasteiger partial charge in [0.15, 0.2) is 0 Å². The van der Waals surface area contributed by atoms with Gasteiger partial charge in [-0.15, -0.1) is 0 Å². The van der Waals surface area contributed by atoms with Gasteiger partial charge >= 0.3 is 0 Å². The van der Waals surface area contributed by atoms with Gasteiger partial charge in [-0.05, 0) is 6.42 Å². The normalized spacial score (nSPS) is 18.1. The van der Waals surface area contributed by atoms with Crippen LogP contribution in [0, 0.1) is 0 Å². The number of amides is 1. The molecule has 1 aromatic heterocycles. The smallest absolute Gasteiger partial charge is 0.292 e. The molecule has 1 amide bonds. The van der Waals surface area contributed by atoms with E-state index in [-0.39, 0.29) is 5.91 Å². The third-order valence-electron chi connectivity index (χ3n) is 3.26. The Hall–Kier alpha value is -1.36. The number of carbonyl (C=O) groups is 1. The highest BCUT2D eigenvalue weighted by atomic mass is 16.5. The molecule has 0 radical (unpaired) electrons. The van der Waals surface area contributed by atoms with Crippen molar-refractivity contribution in [1.29, 1.82) is 0 Å². The lowest BCUT2D eigenvalue weighted by molar-refractivity contribution is 0.0693. The third-order valence-corrected chi connectivity index (χ3v) is 3.26. The van der Waals surface area contributed by atoms with Crippen LogP contribution in [0.25, 0.3) is 0 Å². The highest BCUT2D eigenvalue weighted by Gasteiger charge is 2.22. The molecule has 17 heavy (non-hydrogen) atoms. The van der Waals surface area contributed by atoms with E-state index in [1.165, 1.54) is 0 Å². The minimum absolute atomic E-state index is 0.0476. The van der Waals surface area contributed by atoms with E-state index < -0.39 is 0 Å². The summed E-state index contributed by atoms with van der Waals surface area (Å²) in [5.41, 5.74) is 0.867. The van der Waals surface area contributed by atoms with Gasteiger partial charge in [0.05, 0.1) is 5.69 Å². The summed E-state index contributed by atoms with van der Waals surface area (Å²) >= 11 is 0. The number of rotatable bonds is 3. The number of hydrogen-bond acceptors (Lipinski definition) is 4. The number of aromatic nitrogens is 1. The topological polar surface area (TPSA) is 58.4 Å². The van der Waals surface area contributed by atoms with E-state index in [0.29, 0.717) is 11.7 Å². The van der Waals surface area contributed by atoms with E-state index in [1.807, 2.05) is 0 Å². The molecule has 1 fully saturated rings. The predicted molar refractivity (Wildman–Crippen MR) is 64.0 cm³/mol. The quantitative estimate of drug-likeness (QED) is 0.859. The number of nitrogens with zero attached hydrogens (tertiary/aromatic N) is 2. The van der Waals surface area contributed by atoms with Crippen LogP contribution in [-0.4, -0.2) is 42.1 Å². The Balaban J connectivity index is 2.06. The molecule has 2 heterocycles. The van der Waals surface area contributed by atoms with Gasteiger partial charge in [0.1, 0.15) is 0 Å². The summed E-state index contributed by atoms with van der Waals surface area (Å²) < 4.78 is 5.14. The van der Waals surface area contributed by atoms with Crippen LogP contribution in [0.4, 0.5) is 0 Å². The molecular formula is C12H19N3O2. The van der Waals surface area contributed by atoms with Crippen LogP contribution in [0.1, 0.15) is 42.4 Å². The summed E-state index contributed by atoms with van der Waals surface area (Å²) in [6, 6.07) is 1.78. The van der Waals surface area contributed by atoms with Crippen molar-refractivity contribution in [3.8, 4) is 0 Å². The van der Waals surface area contributed by atoms with Crippen molar-refractivity contribution in [1.82, 2.24) is 15.4 Å². The van der Waals surface area contributed by atoms with E-state index in [1.54, 1.807) is 11.0 Å². The maximum absolute atomic E-state index is 12.1. The van der Waals surface area contributed by atoms with Gasteiger partial charge in [-0.25, -0.2) is 0 Å². The second-order valence-corrected chi connectivity index (χ2v) is 4.47. The van der Waals surface area contributed by atoms with Crippen LogP contribution in [0.5, 0.6) is 0 Å². The number of hydrogen-bond donors (Lipinski definition) is 1. The Kier molecular flexibility index (Phi) is 3.78. The second kappa shape index (κ2) is 5.31. The molecule has 1 N–H and O–H groups in total. The van der Waals surface area contributed by atoms with Crippen molar-refractivity contribution in [2.45, 2.75) is 26.2 Å². The van der Waals surface area contributed by atoms with E-state index in [9.17, 15) is 4.79 Å². The first-order valence-corrected chi connectivity index (χ1v) is 6.19. The summed E-state index contributed by atoms with van der Waals surface area (Å²) in [5, 5.41) is 7.18. The minimum atomic E-state index is -0.0476. The first-order chi connectivity index (χ1) is 8.22. The van der Waals surface area contributed by atoms with Crippen LogP contribution in [0.2, 0.25) is 0 Å². The molecule has 1 unspecified atom stereocenters. The Bertz CT molecular complexity index is 383. The van der Waals surface area contributed by atoms with Gasteiger partial charge in [-0.1, -0.05) is 19.0 Å². The lowest BCUT2D eigenvalue weighted by Gasteiger charge is -2.26. The largest absolute Gasteiger partial charge is 0.351 e. The molecule has 2 rings (SSSR count). The maximum atomic E-state index is 12.1. The van der Waals surface area contributed by atoms with Crippen LogP contribution in [0.3, 0.4) is 0 Å². The van der Waals surface area contributed by atoms with Crippen molar-refractivity contribution >= 4 is 5.91 Å². The van der Waals surface area contributed by atoms with E-state index in [4.69, 9.17) is 4.52 Å². The number of piperazine rings is 1. The SMILES string of the molecule is CCC(C)c1cc(C(=O)N2CCNCC2)on1. The van der Waals surface area contributed by atoms with Crippen LogP contribution in [0.15, 0.2) is 10.6 Å². The minimum Gasteiger partial charge on any atom is -0.351 e. The molecular weight excluding hydrogens is 218 g/mol. The van der Waals surface area contributed by atoms with Crippen LogP contribution < -0.4 is 5.32 Å². The zero-order valence-corrected chi connectivity index (χ0v) is 10.4. The zero-order chi connectivity index (χ0) is 12.3. The summed E-state index contributed by atoms with van der Waals surface area (Å²) in [6.07, 6.45) is 0.994. The average Bonchev–Trinajstić information content (AvgIpc) is 2.87. The fraction of sp³-hybridized carbons (Fsp3) is 0.667. The molecule has 1 saturated heterocycles. The lowest BCUT2D eigenvalue weighted by Crippen LogP contribution is -2.46. The van der Waals surface area contributed by atoms with E-state index >= 15 is 0 Å². The molecule has 94 valence electrons. The third kappa shape index (κ3) is 2.66. The Morgan fingerprint density at radius 1 is 1.59 bits per heavy atom. The molecule has 1 aliphatic heterocycles. The molecule has 0 bridgehead atoms. The monoisotopic (exact) mass is 237 g/mol. The summed E-state index contributed by atoms with van der Waals surface area (Å²) in [7, 11) is 0. The molecule has 0 aromatic carbocycles. The van der Waals surface area contributed by atoms with Crippen molar-refractivity contribution in [2.24, 2.45) is 0 Å². The molecule has 1 aromatic rings. The van der Waals surface area contributed by atoms with Gasteiger partial charge in [0.25, 0.3) is 5.91 Å². The second-order valence-electron chi connectivity index (χ2n) is 4.47. The first-order valence-electron chi connectivity index (χ1n) is 6.19. The van der Waals surface area contributed by atoms with E-state index in [2.05, 4.69) is 24.3 Å². The van der Waals surface area contributed by atoms with Crippen molar-refractivity contribution < 1.29 is 9.32 Å². The van der Waals surface area contributed by atoms with E-state index in [0.717, 1.165) is 38.3 Å². The summed E-state index contributed by atoms with van der Waals surface area (Å²) in [5.74, 6) is 0.652. The van der Waals surface area contributed by atoms with Crippen molar-refractivity contribution in [2.75, 3.05) is 26.2 Å². The molecule has 5 heteroatoms. The van der Waals surface area contributed by atoms with Crippen LogP contribution >= 0.6 is 0 Å². The molecule has 0 spiro atoms. The van der Waals surface area contributed by atoms with Gasteiger partial charge in [0.2, 0.25) is 5.76 Å². The van der Waals surface area contributed by atoms with Gasteiger partial charge in [0, 0.05) is 38.2 Å². The molecule has 1 atom stereocenters. The molecule has 1 aliphatic rings. The summed E-state index contributed by atoms with van der Waals surface area (Å²) in [4.78, 5) is 13.9. The fourth-order valence-corrected chi connectivity index (χ4v) is 1.85. The van der Waals surface area contributed by atoms with Crippen molar-refractivity contribution in [3.05, 3.63) is 17.5 Å². The van der Waals surface area contributed by atoms with Gasteiger partial charge < -0.3 is 14.7 Å². The Labute approximate surface area is 101 Å². The average molecular weight is 237 g/mol. The standard InChI is InChI=1S/C12H19N3O2/c1-3-9(2)10-8-11(17-14-10)12(16)15-6-4-13-5-7-15/h8-9,13H,3-7H2,1-2H3. The van der Waals surface area contributed by atoms with Gasteiger partial charge in [-0.3, -0.25) is 4.79 Å².